The van der Waals surface area contributed by atoms with Crippen LogP contribution in [0.15, 0.2) is 18.5 Å². The van der Waals surface area contributed by atoms with E-state index in [9.17, 15) is 19.6 Å². The summed E-state index contributed by atoms with van der Waals surface area (Å²) in [5, 5.41) is 23.7. The summed E-state index contributed by atoms with van der Waals surface area (Å²) in [4.78, 5) is 41.2. The summed E-state index contributed by atoms with van der Waals surface area (Å²) in [6, 6.07) is 7.23. The van der Waals surface area contributed by atoms with Crippen LogP contribution < -0.4 is 5.73 Å². The standard InChI is InChI=1S/C23H22N6O8/c24-9-22(6-7-22)11-34-21(32)33-8-14-18-19(36-17(31)3-1-2-16(30)35-18)23(10-25,37-14)15-5-4-13-20(26)27-12-28-29(13)15/h4-5,12,14,18-19H,1-3,6-8,11H2,(H2,26,27,28)/t14-,18-,19-,23+/m1/s1. The third-order valence-corrected chi connectivity index (χ3v) is 6.64. The third-order valence-electron chi connectivity index (χ3n) is 6.64. The first-order valence-corrected chi connectivity index (χ1v) is 11.6. The maximum atomic E-state index is 12.6. The van der Waals surface area contributed by atoms with Crippen LogP contribution in [0.2, 0.25) is 0 Å². The molecule has 0 amide bonds. The number of hydrogen-bond donors (Lipinski definition) is 1. The second-order valence-corrected chi connectivity index (χ2v) is 9.12. The first-order chi connectivity index (χ1) is 17.8. The van der Waals surface area contributed by atoms with E-state index in [0.717, 1.165) is 0 Å². The Morgan fingerprint density at radius 1 is 1.16 bits per heavy atom. The highest BCUT2D eigenvalue weighted by Crippen LogP contribution is 2.46. The van der Waals surface area contributed by atoms with E-state index < -0.39 is 54.0 Å². The number of anilines is 1. The largest absolute Gasteiger partial charge is 0.508 e. The predicted molar refractivity (Wildman–Crippen MR) is 118 cm³/mol. The van der Waals surface area contributed by atoms with E-state index in [1.54, 1.807) is 6.07 Å². The van der Waals surface area contributed by atoms with Crippen molar-refractivity contribution in [2.75, 3.05) is 18.9 Å². The molecule has 14 nitrogen and oxygen atoms in total. The molecule has 5 rings (SSSR count). The Balaban J connectivity index is 1.46. The van der Waals surface area contributed by atoms with Crippen LogP contribution in [0.1, 0.15) is 37.8 Å². The van der Waals surface area contributed by atoms with E-state index in [-0.39, 0.29) is 37.4 Å². The van der Waals surface area contributed by atoms with Crippen molar-refractivity contribution in [2.24, 2.45) is 5.41 Å². The Bertz CT molecular complexity index is 1340. The molecule has 37 heavy (non-hydrogen) atoms. The van der Waals surface area contributed by atoms with Crippen LogP contribution >= 0.6 is 0 Å². The summed E-state index contributed by atoms with van der Waals surface area (Å²) in [6.07, 6.45) is -2.47. The lowest BCUT2D eigenvalue weighted by Gasteiger charge is -2.28. The second-order valence-electron chi connectivity index (χ2n) is 9.12. The maximum Gasteiger partial charge on any atom is 0.508 e. The zero-order valence-electron chi connectivity index (χ0n) is 19.5. The van der Waals surface area contributed by atoms with Gasteiger partial charge in [-0.25, -0.2) is 14.3 Å². The quantitative estimate of drug-likeness (QED) is 0.439. The highest BCUT2D eigenvalue weighted by atomic mass is 16.7. The first-order valence-electron chi connectivity index (χ1n) is 11.6. The zero-order chi connectivity index (χ0) is 26.2. The fraction of sp³-hybridized carbons (Fsp3) is 0.522. The molecule has 1 aliphatic carbocycles. The van der Waals surface area contributed by atoms with Crippen molar-refractivity contribution >= 4 is 29.4 Å². The van der Waals surface area contributed by atoms with E-state index in [1.165, 1.54) is 16.9 Å². The molecule has 192 valence electrons. The SMILES string of the molecule is N#CC1(COC(=O)OC[C@H]2O[C@@](C#N)(c3ccc4c(N)ncnn34)[C@@H]3OC(=O)CCCC(=O)O[C@@H]32)CC1. The van der Waals surface area contributed by atoms with E-state index in [4.69, 9.17) is 34.7 Å². The number of nitrogens with two attached hydrogens (primary N) is 1. The van der Waals surface area contributed by atoms with E-state index in [0.29, 0.717) is 18.4 Å². The number of hydrogen-bond acceptors (Lipinski definition) is 13. The summed E-state index contributed by atoms with van der Waals surface area (Å²) >= 11 is 0. The Labute approximate surface area is 209 Å². The molecule has 2 aliphatic heterocycles. The molecule has 0 aromatic carbocycles. The highest BCUT2D eigenvalue weighted by Gasteiger charge is 2.63. The molecular formula is C23H22N6O8. The Morgan fingerprint density at radius 3 is 2.62 bits per heavy atom. The highest BCUT2D eigenvalue weighted by molar-refractivity contribution is 5.74. The molecule has 3 aliphatic rings. The molecule has 2 N–H and O–H groups in total. The number of rotatable bonds is 5. The van der Waals surface area contributed by atoms with Crippen molar-refractivity contribution in [1.29, 1.82) is 10.5 Å². The van der Waals surface area contributed by atoms with Gasteiger partial charge in [0.25, 0.3) is 0 Å². The van der Waals surface area contributed by atoms with Crippen molar-refractivity contribution in [3.05, 3.63) is 24.2 Å². The topological polar surface area (TPSA) is 201 Å². The normalized spacial score (nSPS) is 28.3. The fourth-order valence-corrected chi connectivity index (χ4v) is 4.42. The molecule has 14 heteroatoms. The van der Waals surface area contributed by atoms with Crippen LogP contribution in [0.25, 0.3) is 5.52 Å². The number of nitrogen functional groups attached to an aromatic ring is 1. The minimum absolute atomic E-state index is 0.0540. The maximum absolute atomic E-state index is 12.6. The van der Waals surface area contributed by atoms with Crippen molar-refractivity contribution < 1.29 is 38.1 Å². The number of fused-ring (bicyclic) bond motifs is 2. The minimum atomic E-state index is -2.00. The number of carbonyl (C=O) groups is 3. The van der Waals surface area contributed by atoms with Gasteiger partial charge in [-0.3, -0.25) is 9.59 Å². The molecule has 4 heterocycles. The van der Waals surface area contributed by atoms with Crippen LogP contribution in [0.4, 0.5) is 10.6 Å². The smallest absolute Gasteiger partial charge is 0.455 e. The molecule has 0 radical (unpaired) electrons. The number of ether oxygens (including phenoxy) is 5. The van der Waals surface area contributed by atoms with Crippen LogP contribution in [0, 0.1) is 28.1 Å². The van der Waals surface area contributed by atoms with Gasteiger partial charge in [-0.15, -0.1) is 0 Å². The fourth-order valence-electron chi connectivity index (χ4n) is 4.42. The number of esters is 2. The molecule has 2 aromatic rings. The van der Waals surface area contributed by atoms with Crippen molar-refractivity contribution in [3.63, 3.8) is 0 Å². The first kappa shape index (κ1) is 24.3. The Morgan fingerprint density at radius 2 is 1.92 bits per heavy atom. The molecule has 0 bridgehead atoms. The van der Waals surface area contributed by atoms with Crippen LogP contribution in [-0.2, 0) is 38.9 Å². The molecule has 2 saturated heterocycles. The average molecular weight is 510 g/mol. The summed E-state index contributed by atoms with van der Waals surface area (Å²) < 4.78 is 28.9. The van der Waals surface area contributed by atoms with Gasteiger partial charge in [-0.05, 0) is 31.4 Å². The van der Waals surface area contributed by atoms with Gasteiger partial charge < -0.3 is 29.4 Å². The van der Waals surface area contributed by atoms with Crippen LogP contribution in [0.5, 0.6) is 0 Å². The number of carbonyl (C=O) groups excluding carboxylic acids is 3. The number of aromatic nitrogens is 3. The van der Waals surface area contributed by atoms with Crippen molar-refractivity contribution in [2.45, 2.75) is 56.0 Å². The van der Waals surface area contributed by atoms with Gasteiger partial charge in [0, 0.05) is 12.8 Å². The molecule has 0 unspecified atom stereocenters. The lowest BCUT2D eigenvalue weighted by molar-refractivity contribution is -0.166. The third kappa shape index (κ3) is 4.36. The predicted octanol–water partition coefficient (Wildman–Crippen LogP) is 0.894. The van der Waals surface area contributed by atoms with E-state index in [2.05, 4.69) is 22.2 Å². The Kier molecular flexibility index (Phi) is 6.05. The van der Waals surface area contributed by atoms with E-state index in [1.807, 2.05) is 0 Å². The summed E-state index contributed by atoms with van der Waals surface area (Å²) in [6.45, 7) is -0.611. The molecule has 3 fully saturated rings. The van der Waals surface area contributed by atoms with Gasteiger partial charge in [0.05, 0.1) is 17.2 Å². The van der Waals surface area contributed by atoms with Gasteiger partial charge in [0.1, 0.15) is 37.2 Å². The monoisotopic (exact) mass is 510 g/mol. The zero-order valence-corrected chi connectivity index (χ0v) is 19.5. The molecule has 0 spiro atoms. The van der Waals surface area contributed by atoms with Crippen molar-refractivity contribution in [3.8, 4) is 12.1 Å². The molecule has 2 aromatic heterocycles. The van der Waals surface area contributed by atoms with Crippen LogP contribution in [-0.4, -0.2) is 64.2 Å². The van der Waals surface area contributed by atoms with E-state index >= 15 is 0 Å². The number of nitrogens with zero attached hydrogens (tertiary/aromatic N) is 5. The molecule has 4 atom stereocenters. The van der Waals surface area contributed by atoms with Gasteiger partial charge in [0.2, 0.25) is 5.60 Å². The summed E-state index contributed by atoms with van der Waals surface area (Å²) in [5.74, 6) is -1.15. The Hall–Kier alpha value is -4.43. The van der Waals surface area contributed by atoms with Gasteiger partial charge in [-0.1, -0.05) is 0 Å². The lowest BCUT2D eigenvalue weighted by atomic mass is 9.92. The van der Waals surface area contributed by atoms with Crippen LogP contribution in [0.3, 0.4) is 0 Å². The average Bonchev–Trinajstić information content (AvgIpc) is 3.42. The molecule has 1 saturated carbocycles. The summed E-state index contributed by atoms with van der Waals surface area (Å²) in [5.41, 5.74) is 3.75. The summed E-state index contributed by atoms with van der Waals surface area (Å²) in [7, 11) is 0. The number of nitriles is 2. The second kappa shape index (κ2) is 9.22. The van der Waals surface area contributed by atoms with Crippen molar-refractivity contribution in [1.82, 2.24) is 14.6 Å². The van der Waals surface area contributed by atoms with Gasteiger partial charge in [0.15, 0.2) is 18.0 Å². The minimum Gasteiger partial charge on any atom is -0.455 e. The van der Waals surface area contributed by atoms with Gasteiger partial charge >= 0.3 is 18.1 Å². The lowest BCUT2D eigenvalue weighted by Crippen LogP contribution is -2.45. The van der Waals surface area contributed by atoms with Gasteiger partial charge in [-0.2, -0.15) is 15.6 Å². The molecular weight excluding hydrogens is 488 g/mol.